The molecule has 0 spiro atoms. The molecule has 0 radical (unpaired) electrons. The van der Waals surface area contributed by atoms with Crippen LogP contribution in [0.15, 0.2) is 24.3 Å². The highest BCUT2D eigenvalue weighted by atomic mass is 35.5. The minimum absolute atomic E-state index is 0.333. The van der Waals surface area contributed by atoms with Gasteiger partial charge in [0.2, 0.25) is 0 Å². The third-order valence-electron chi connectivity index (χ3n) is 2.72. The second-order valence-corrected chi connectivity index (χ2v) is 4.16. The maximum atomic E-state index is 12.6. The molecule has 6 heteroatoms. The lowest BCUT2D eigenvalue weighted by atomic mass is 10.1. The molecule has 0 amide bonds. The van der Waals surface area contributed by atoms with Crippen molar-refractivity contribution in [3.63, 3.8) is 0 Å². The van der Waals surface area contributed by atoms with Crippen LogP contribution in [0.5, 0.6) is 0 Å². The Bertz CT molecular complexity index is 389. The Morgan fingerprint density at radius 3 is 2.19 bits per heavy atom. The predicted octanol–water partition coefficient (Wildman–Crippen LogP) is 3.43. The Morgan fingerprint density at radius 1 is 1.25 bits per heavy atom. The molecule has 1 saturated heterocycles. The molecule has 0 N–H and O–H groups in total. The van der Waals surface area contributed by atoms with E-state index in [2.05, 4.69) is 0 Å². The standard InChI is InChI=1S/C10H8ClF4N/c11-7-1-3-8(4-2-7)16-6-9(16,5-12)10(13,14)15/h1-4H,5-6H2. The molecule has 1 aromatic rings. The first-order valence-corrected chi connectivity index (χ1v) is 4.94. The van der Waals surface area contributed by atoms with Gasteiger partial charge in [-0.3, -0.25) is 0 Å². The van der Waals surface area contributed by atoms with E-state index >= 15 is 0 Å². The number of benzene rings is 1. The van der Waals surface area contributed by atoms with E-state index in [0.717, 1.165) is 4.90 Å². The molecular formula is C10H8ClF4N. The second-order valence-electron chi connectivity index (χ2n) is 3.73. The van der Waals surface area contributed by atoms with Crippen molar-refractivity contribution in [1.29, 1.82) is 0 Å². The molecule has 1 heterocycles. The highest BCUT2D eigenvalue weighted by molar-refractivity contribution is 6.30. The van der Waals surface area contributed by atoms with Gasteiger partial charge in [0.05, 0.1) is 6.54 Å². The third-order valence-corrected chi connectivity index (χ3v) is 2.97. The number of hydrogen-bond acceptors (Lipinski definition) is 1. The Kier molecular flexibility index (Phi) is 2.53. The van der Waals surface area contributed by atoms with Gasteiger partial charge in [-0.05, 0) is 24.3 Å². The summed E-state index contributed by atoms with van der Waals surface area (Å²) >= 11 is 5.62. The van der Waals surface area contributed by atoms with Crippen molar-refractivity contribution in [3.8, 4) is 0 Å². The normalized spacial score (nSPS) is 24.7. The lowest BCUT2D eigenvalue weighted by Gasteiger charge is -2.18. The van der Waals surface area contributed by atoms with Crippen LogP contribution < -0.4 is 4.90 Å². The fourth-order valence-corrected chi connectivity index (χ4v) is 1.74. The fraction of sp³-hybridized carbons (Fsp3) is 0.400. The Morgan fingerprint density at radius 2 is 1.81 bits per heavy atom. The van der Waals surface area contributed by atoms with Crippen LogP contribution in [-0.2, 0) is 0 Å². The van der Waals surface area contributed by atoms with Crippen molar-refractivity contribution < 1.29 is 17.6 Å². The monoisotopic (exact) mass is 253 g/mol. The van der Waals surface area contributed by atoms with Gasteiger partial charge in [-0.25, -0.2) is 4.39 Å². The Hall–Kier alpha value is -0.970. The highest BCUT2D eigenvalue weighted by Gasteiger charge is 2.70. The quantitative estimate of drug-likeness (QED) is 0.576. The van der Waals surface area contributed by atoms with Gasteiger partial charge in [-0.2, -0.15) is 13.2 Å². The lowest BCUT2D eigenvalue weighted by molar-refractivity contribution is -0.159. The van der Waals surface area contributed by atoms with E-state index in [1.165, 1.54) is 24.3 Å². The topological polar surface area (TPSA) is 3.01 Å². The van der Waals surface area contributed by atoms with Gasteiger partial charge in [-0.1, -0.05) is 11.6 Å². The third kappa shape index (κ3) is 1.63. The van der Waals surface area contributed by atoms with Gasteiger partial charge < -0.3 is 4.90 Å². The number of halogens is 5. The van der Waals surface area contributed by atoms with E-state index in [1.807, 2.05) is 0 Å². The van der Waals surface area contributed by atoms with Crippen molar-refractivity contribution in [2.75, 3.05) is 18.1 Å². The average Bonchev–Trinajstić information content (AvgIpc) is 2.94. The summed E-state index contributed by atoms with van der Waals surface area (Å²) in [6, 6.07) is 5.86. The molecule has 88 valence electrons. The van der Waals surface area contributed by atoms with Gasteiger partial charge in [0.1, 0.15) is 6.67 Å². The summed E-state index contributed by atoms with van der Waals surface area (Å²) in [6.45, 7) is -1.77. The van der Waals surface area contributed by atoms with Crippen LogP contribution >= 0.6 is 11.6 Å². The number of nitrogens with zero attached hydrogens (tertiary/aromatic N) is 1. The molecule has 1 atom stereocenters. The minimum atomic E-state index is -4.55. The summed E-state index contributed by atoms with van der Waals surface area (Å²) in [5, 5.41) is 0.434. The van der Waals surface area contributed by atoms with Crippen molar-refractivity contribution in [3.05, 3.63) is 29.3 Å². The van der Waals surface area contributed by atoms with E-state index in [1.54, 1.807) is 0 Å². The van der Waals surface area contributed by atoms with Crippen LogP contribution in [0, 0.1) is 0 Å². The number of hydrogen-bond donors (Lipinski definition) is 0. The SMILES string of the molecule is FCC1(C(F)(F)F)CN1c1ccc(Cl)cc1. The number of alkyl halides is 4. The Labute approximate surface area is 94.6 Å². The van der Waals surface area contributed by atoms with Crippen molar-refractivity contribution >= 4 is 17.3 Å². The summed E-state index contributed by atoms with van der Waals surface area (Å²) in [7, 11) is 0. The van der Waals surface area contributed by atoms with E-state index in [4.69, 9.17) is 11.6 Å². The van der Waals surface area contributed by atoms with Gasteiger partial charge in [0.25, 0.3) is 0 Å². The van der Waals surface area contributed by atoms with E-state index < -0.39 is 18.4 Å². The molecule has 0 aromatic heterocycles. The highest BCUT2D eigenvalue weighted by Crippen LogP contribution is 2.49. The van der Waals surface area contributed by atoms with E-state index in [9.17, 15) is 17.6 Å². The molecule has 1 nitrogen and oxygen atoms in total. The second kappa shape index (κ2) is 3.52. The molecule has 1 fully saturated rings. The smallest absolute Gasteiger partial charge is 0.351 e. The van der Waals surface area contributed by atoms with Crippen molar-refractivity contribution in [2.24, 2.45) is 0 Å². The first-order chi connectivity index (χ1) is 7.40. The summed E-state index contributed by atoms with van der Waals surface area (Å²) in [6.07, 6.45) is -4.55. The number of anilines is 1. The van der Waals surface area contributed by atoms with Gasteiger partial charge in [-0.15, -0.1) is 0 Å². The molecule has 0 aliphatic carbocycles. The van der Waals surface area contributed by atoms with Crippen molar-refractivity contribution in [2.45, 2.75) is 11.7 Å². The van der Waals surface area contributed by atoms with Gasteiger partial charge in [0, 0.05) is 10.7 Å². The molecule has 1 aromatic carbocycles. The fourth-order valence-electron chi connectivity index (χ4n) is 1.62. The van der Waals surface area contributed by atoms with E-state index in [0.29, 0.717) is 10.7 Å². The van der Waals surface area contributed by atoms with Crippen LogP contribution in [0.25, 0.3) is 0 Å². The zero-order valence-corrected chi connectivity index (χ0v) is 8.82. The largest absolute Gasteiger partial charge is 0.415 e. The summed E-state index contributed by atoms with van der Waals surface area (Å²) < 4.78 is 50.4. The molecule has 1 unspecified atom stereocenters. The Balaban J connectivity index is 2.24. The average molecular weight is 254 g/mol. The van der Waals surface area contributed by atoms with Crippen LogP contribution in [0.2, 0.25) is 5.02 Å². The first kappa shape index (κ1) is 11.5. The van der Waals surface area contributed by atoms with Crippen LogP contribution in [0.4, 0.5) is 23.2 Å². The van der Waals surface area contributed by atoms with Crippen LogP contribution in [0.3, 0.4) is 0 Å². The molecule has 0 bridgehead atoms. The summed E-state index contributed by atoms with van der Waals surface area (Å²) in [5.41, 5.74) is -2.00. The summed E-state index contributed by atoms with van der Waals surface area (Å²) in [4.78, 5) is 0.989. The summed E-state index contributed by atoms with van der Waals surface area (Å²) in [5.74, 6) is 0. The first-order valence-electron chi connectivity index (χ1n) is 4.57. The molecule has 1 aliphatic heterocycles. The lowest BCUT2D eigenvalue weighted by Crippen LogP contribution is -2.39. The molecule has 0 saturated carbocycles. The van der Waals surface area contributed by atoms with Crippen LogP contribution in [-0.4, -0.2) is 24.9 Å². The molecule has 2 rings (SSSR count). The van der Waals surface area contributed by atoms with Gasteiger partial charge in [0.15, 0.2) is 5.54 Å². The van der Waals surface area contributed by atoms with Gasteiger partial charge >= 0.3 is 6.18 Å². The maximum Gasteiger partial charge on any atom is 0.415 e. The maximum absolute atomic E-state index is 12.6. The zero-order valence-electron chi connectivity index (χ0n) is 8.06. The van der Waals surface area contributed by atoms with Crippen LogP contribution in [0.1, 0.15) is 0 Å². The molecule has 1 aliphatic rings. The molecular weight excluding hydrogens is 246 g/mol. The van der Waals surface area contributed by atoms with Crippen molar-refractivity contribution in [1.82, 2.24) is 0 Å². The van der Waals surface area contributed by atoms with E-state index in [-0.39, 0.29) is 6.54 Å². The molecule has 16 heavy (non-hydrogen) atoms. The minimum Gasteiger partial charge on any atom is -0.351 e. The predicted molar refractivity (Wildman–Crippen MR) is 53.6 cm³/mol. The number of rotatable bonds is 2. The zero-order chi connectivity index (χ0) is 12.0.